The lowest BCUT2D eigenvalue weighted by molar-refractivity contribution is 0.210. The normalized spacial score (nSPS) is 28.3. The Labute approximate surface area is 106 Å². The van der Waals surface area contributed by atoms with E-state index in [2.05, 4.69) is 37.2 Å². The molecule has 0 amide bonds. The van der Waals surface area contributed by atoms with Crippen molar-refractivity contribution in [2.24, 2.45) is 5.92 Å². The average Bonchev–Trinajstić information content (AvgIpc) is 2.37. The van der Waals surface area contributed by atoms with Crippen molar-refractivity contribution in [1.82, 2.24) is 10.2 Å². The number of hydrogen-bond acceptors (Lipinski definition) is 3. The van der Waals surface area contributed by atoms with E-state index in [0.29, 0.717) is 6.04 Å². The van der Waals surface area contributed by atoms with Crippen LogP contribution >= 0.6 is 11.8 Å². The highest BCUT2D eigenvalue weighted by molar-refractivity contribution is 7.98. The van der Waals surface area contributed by atoms with E-state index in [1.54, 1.807) is 0 Å². The minimum Gasteiger partial charge on any atom is -0.313 e. The molecular formula is C13H28N2S. The Morgan fingerprint density at radius 1 is 1.44 bits per heavy atom. The summed E-state index contributed by atoms with van der Waals surface area (Å²) in [6.07, 6.45) is 4.80. The quantitative estimate of drug-likeness (QED) is 0.800. The predicted molar refractivity (Wildman–Crippen MR) is 75.3 cm³/mol. The van der Waals surface area contributed by atoms with Crippen LogP contribution in [0.15, 0.2) is 0 Å². The highest BCUT2D eigenvalue weighted by atomic mass is 32.2. The molecule has 2 atom stereocenters. The molecule has 0 aliphatic carbocycles. The molecule has 0 saturated carbocycles. The van der Waals surface area contributed by atoms with Crippen LogP contribution in [-0.2, 0) is 0 Å². The van der Waals surface area contributed by atoms with Gasteiger partial charge in [0.2, 0.25) is 0 Å². The molecule has 1 saturated heterocycles. The average molecular weight is 244 g/mol. The van der Waals surface area contributed by atoms with Gasteiger partial charge >= 0.3 is 0 Å². The van der Waals surface area contributed by atoms with E-state index < -0.39 is 0 Å². The van der Waals surface area contributed by atoms with Crippen molar-refractivity contribution in [3.63, 3.8) is 0 Å². The Hall–Kier alpha value is 0.270. The Morgan fingerprint density at radius 2 is 2.19 bits per heavy atom. The molecule has 1 rings (SSSR count). The van der Waals surface area contributed by atoms with Crippen molar-refractivity contribution in [1.29, 1.82) is 0 Å². The number of rotatable bonds is 5. The summed E-state index contributed by atoms with van der Waals surface area (Å²) in [4.78, 5) is 2.67. The molecule has 16 heavy (non-hydrogen) atoms. The summed E-state index contributed by atoms with van der Waals surface area (Å²) in [5.41, 5.74) is 0. The SMILES string of the molecule is CSCCN1CC(CC(C)C)NCCC1C. The molecule has 0 aromatic heterocycles. The second-order valence-electron chi connectivity index (χ2n) is 5.41. The number of nitrogens with zero attached hydrogens (tertiary/aromatic N) is 1. The first-order chi connectivity index (χ1) is 7.63. The Kier molecular flexibility index (Phi) is 6.78. The van der Waals surface area contributed by atoms with Crippen molar-refractivity contribution in [2.75, 3.05) is 31.6 Å². The molecule has 0 bridgehead atoms. The van der Waals surface area contributed by atoms with Gasteiger partial charge in [-0.1, -0.05) is 13.8 Å². The van der Waals surface area contributed by atoms with Gasteiger partial charge in [0.25, 0.3) is 0 Å². The molecule has 2 nitrogen and oxygen atoms in total. The van der Waals surface area contributed by atoms with E-state index >= 15 is 0 Å². The first-order valence-electron chi connectivity index (χ1n) is 6.59. The first-order valence-corrected chi connectivity index (χ1v) is 7.99. The van der Waals surface area contributed by atoms with Gasteiger partial charge in [-0.25, -0.2) is 0 Å². The van der Waals surface area contributed by atoms with Crippen LogP contribution in [0.3, 0.4) is 0 Å². The van der Waals surface area contributed by atoms with Crippen molar-refractivity contribution < 1.29 is 0 Å². The molecule has 3 heteroatoms. The van der Waals surface area contributed by atoms with Gasteiger partial charge in [-0.15, -0.1) is 0 Å². The summed E-state index contributed by atoms with van der Waals surface area (Å²) in [5.74, 6) is 2.06. The van der Waals surface area contributed by atoms with Gasteiger partial charge in [-0.05, 0) is 38.5 Å². The summed E-state index contributed by atoms with van der Waals surface area (Å²) in [6.45, 7) is 10.7. The highest BCUT2D eigenvalue weighted by Crippen LogP contribution is 2.14. The lowest BCUT2D eigenvalue weighted by Gasteiger charge is -2.29. The van der Waals surface area contributed by atoms with Gasteiger partial charge in [0.05, 0.1) is 0 Å². The molecule has 1 fully saturated rings. The smallest absolute Gasteiger partial charge is 0.0197 e. The van der Waals surface area contributed by atoms with Crippen LogP contribution in [0.5, 0.6) is 0 Å². The third-order valence-electron chi connectivity index (χ3n) is 3.41. The number of nitrogens with one attached hydrogen (secondary N) is 1. The highest BCUT2D eigenvalue weighted by Gasteiger charge is 2.22. The van der Waals surface area contributed by atoms with E-state index in [4.69, 9.17) is 0 Å². The molecule has 0 radical (unpaired) electrons. The van der Waals surface area contributed by atoms with Gasteiger partial charge in [-0.3, -0.25) is 4.90 Å². The fraction of sp³-hybridized carbons (Fsp3) is 1.00. The van der Waals surface area contributed by atoms with Gasteiger partial charge < -0.3 is 5.32 Å². The van der Waals surface area contributed by atoms with E-state index in [0.717, 1.165) is 12.0 Å². The molecule has 0 aromatic carbocycles. The largest absolute Gasteiger partial charge is 0.313 e. The monoisotopic (exact) mass is 244 g/mol. The summed E-state index contributed by atoms with van der Waals surface area (Å²) >= 11 is 1.96. The summed E-state index contributed by atoms with van der Waals surface area (Å²) in [7, 11) is 0. The zero-order chi connectivity index (χ0) is 12.0. The van der Waals surface area contributed by atoms with E-state index in [-0.39, 0.29) is 0 Å². The molecule has 1 aliphatic rings. The van der Waals surface area contributed by atoms with E-state index in [1.807, 2.05) is 11.8 Å². The lowest BCUT2D eigenvalue weighted by atomic mass is 10.0. The molecule has 1 heterocycles. The zero-order valence-electron chi connectivity index (χ0n) is 11.3. The van der Waals surface area contributed by atoms with Crippen LogP contribution in [-0.4, -0.2) is 48.6 Å². The van der Waals surface area contributed by atoms with Crippen LogP contribution in [0.1, 0.15) is 33.6 Å². The predicted octanol–water partition coefficient (Wildman–Crippen LogP) is 2.45. The van der Waals surface area contributed by atoms with Crippen LogP contribution in [0, 0.1) is 5.92 Å². The minimum absolute atomic E-state index is 0.701. The van der Waals surface area contributed by atoms with Gasteiger partial charge in [0.15, 0.2) is 0 Å². The fourth-order valence-corrected chi connectivity index (χ4v) is 2.87. The standard InChI is InChI=1S/C13H28N2S/c1-11(2)9-13-10-15(7-8-16-4)12(3)5-6-14-13/h11-14H,5-10H2,1-4H3. The molecule has 2 unspecified atom stereocenters. The fourth-order valence-electron chi connectivity index (χ4n) is 2.45. The van der Waals surface area contributed by atoms with E-state index in [1.165, 1.54) is 38.2 Å². The summed E-state index contributed by atoms with van der Waals surface area (Å²) in [5, 5.41) is 3.70. The van der Waals surface area contributed by atoms with Crippen LogP contribution in [0.4, 0.5) is 0 Å². The second kappa shape index (κ2) is 7.57. The number of hydrogen-bond donors (Lipinski definition) is 1. The van der Waals surface area contributed by atoms with Gasteiger partial charge in [0, 0.05) is 30.9 Å². The summed E-state index contributed by atoms with van der Waals surface area (Å²) < 4.78 is 0. The zero-order valence-corrected chi connectivity index (χ0v) is 12.1. The maximum Gasteiger partial charge on any atom is 0.0197 e. The van der Waals surface area contributed by atoms with Crippen LogP contribution in [0.25, 0.3) is 0 Å². The maximum atomic E-state index is 3.70. The second-order valence-corrected chi connectivity index (χ2v) is 6.39. The van der Waals surface area contributed by atoms with Crippen molar-refractivity contribution in [3.8, 4) is 0 Å². The molecule has 0 spiro atoms. The molecule has 0 aromatic rings. The first kappa shape index (κ1) is 14.3. The number of thioether (sulfide) groups is 1. The Bertz CT molecular complexity index is 185. The molecule has 96 valence electrons. The molecular weight excluding hydrogens is 216 g/mol. The van der Waals surface area contributed by atoms with Crippen LogP contribution in [0.2, 0.25) is 0 Å². The Balaban J connectivity index is 2.44. The third-order valence-corrected chi connectivity index (χ3v) is 4.00. The van der Waals surface area contributed by atoms with Crippen LogP contribution < -0.4 is 5.32 Å². The Morgan fingerprint density at radius 3 is 2.81 bits per heavy atom. The van der Waals surface area contributed by atoms with Gasteiger partial charge in [0.1, 0.15) is 0 Å². The van der Waals surface area contributed by atoms with E-state index in [9.17, 15) is 0 Å². The summed E-state index contributed by atoms with van der Waals surface area (Å²) in [6, 6.07) is 1.45. The molecule has 1 aliphatic heterocycles. The molecule has 1 N–H and O–H groups in total. The topological polar surface area (TPSA) is 15.3 Å². The van der Waals surface area contributed by atoms with Gasteiger partial charge in [-0.2, -0.15) is 11.8 Å². The van der Waals surface area contributed by atoms with Crippen molar-refractivity contribution in [2.45, 2.75) is 45.7 Å². The lowest BCUT2D eigenvalue weighted by Crippen LogP contribution is -2.41. The van der Waals surface area contributed by atoms with Crippen molar-refractivity contribution in [3.05, 3.63) is 0 Å². The minimum atomic E-state index is 0.701. The van der Waals surface area contributed by atoms with Crippen molar-refractivity contribution >= 4 is 11.8 Å². The maximum absolute atomic E-state index is 3.70. The third kappa shape index (κ3) is 5.07.